The van der Waals surface area contributed by atoms with E-state index in [1.54, 1.807) is 0 Å². The van der Waals surface area contributed by atoms with Crippen LogP contribution in [-0.2, 0) is 33.2 Å². The van der Waals surface area contributed by atoms with E-state index in [0.717, 1.165) is 0 Å². The number of halogens is 4. The first-order chi connectivity index (χ1) is 17.5. The highest BCUT2D eigenvalue weighted by Crippen LogP contribution is 2.26. The van der Waals surface area contributed by atoms with Gasteiger partial charge in [0.25, 0.3) is 0 Å². The molecule has 1 aromatic carbocycles. The van der Waals surface area contributed by atoms with E-state index >= 15 is 0 Å². The zero-order chi connectivity index (χ0) is 26.4. The third-order valence-electron chi connectivity index (χ3n) is 4.00. The average molecular weight is 527 g/mol. The molecule has 36 heavy (non-hydrogen) atoms. The predicted octanol–water partition coefficient (Wildman–Crippen LogP) is 2.95. The van der Waals surface area contributed by atoms with Gasteiger partial charge in [0.05, 0.1) is 85.7 Å². The van der Waals surface area contributed by atoms with Crippen molar-refractivity contribution in [3.63, 3.8) is 0 Å². The van der Waals surface area contributed by atoms with Crippen LogP contribution in [0.5, 0.6) is 5.75 Å². The average Bonchev–Trinajstić information content (AvgIpc) is 2.86. The van der Waals surface area contributed by atoms with E-state index in [9.17, 15) is 22.4 Å². The number of ether oxygens (including phenoxy) is 7. The Morgan fingerprint density at radius 2 is 1.08 bits per heavy atom. The van der Waals surface area contributed by atoms with Crippen LogP contribution in [0.25, 0.3) is 10.4 Å². The van der Waals surface area contributed by atoms with Gasteiger partial charge in [0, 0.05) is 17.5 Å². The number of carbonyl (C=O) groups is 1. The molecule has 0 unspecified atom stereocenters. The molecule has 1 aromatic rings. The molecule has 15 heteroatoms. The van der Waals surface area contributed by atoms with E-state index in [4.69, 9.17) is 34.0 Å². The van der Waals surface area contributed by atoms with Crippen LogP contribution in [0.4, 0.5) is 17.6 Å². The molecule has 0 aliphatic rings. The minimum Gasteiger partial charge on any atom is -0.420 e. The summed E-state index contributed by atoms with van der Waals surface area (Å²) in [5.41, 5.74) is 8.09. The molecule has 204 valence electrons. The van der Waals surface area contributed by atoms with Crippen molar-refractivity contribution >= 4 is 5.97 Å². The third-order valence-corrected chi connectivity index (χ3v) is 4.00. The van der Waals surface area contributed by atoms with Crippen molar-refractivity contribution in [2.24, 2.45) is 5.11 Å². The summed E-state index contributed by atoms with van der Waals surface area (Å²) < 4.78 is 88.9. The summed E-state index contributed by atoms with van der Waals surface area (Å²) in [6.45, 7) is 3.88. The lowest BCUT2D eigenvalue weighted by Crippen LogP contribution is -2.16. The molecule has 0 saturated heterocycles. The SMILES string of the molecule is [N-]=[N+]=NCCOCCOCCOCCOCCOCCOCCC(=O)Oc1c(F)c(F)cc(F)c1F. The van der Waals surface area contributed by atoms with Crippen molar-refractivity contribution in [3.05, 3.63) is 39.8 Å². The lowest BCUT2D eigenvalue weighted by Gasteiger charge is -2.09. The van der Waals surface area contributed by atoms with Gasteiger partial charge in [0.2, 0.25) is 17.4 Å². The Balaban J connectivity index is 1.86. The standard InChI is InChI=1S/C21H29F4N3O8/c22-16-15-17(23)20(25)21(19(16)24)36-18(29)1-3-30-5-7-32-9-11-34-13-14-35-12-10-33-8-6-31-4-2-27-28-26/h15H,1-14H2. The van der Waals surface area contributed by atoms with E-state index in [1.807, 2.05) is 0 Å². The van der Waals surface area contributed by atoms with Crippen molar-refractivity contribution in [2.45, 2.75) is 6.42 Å². The second kappa shape index (κ2) is 20.7. The molecule has 0 spiro atoms. The molecule has 0 N–H and O–H groups in total. The van der Waals surface area contributed by atoms with Gasteiger partial charge in [-0.3, -0.25) is 4.79 Å². The van der Waals surface area contributed by atoms with E-state index in [0.29, 0.717) is 59.5 Å². The molecular weight excluding hydrogens is 498 g/mol. The quantitative estimate of drug-likeness (QED) is 0.0329. The van der Waals surface area contributed by atoms with Gasteiger partial charge in [-0.25, -0.2) is 8.78 Å². The molecule has 0 atom stereocenters. The summed E-state index contributed by atoms with van der Waals surface area (Å²) in [7, 11) is 0. The highest BCUT2D eigenvalue weighted by atomic mass is 19.2. The topological polar surface area (TPSA) is 130 Å². The molecule has 0 bridgehead atoms. The lowest BCUT2D eigenvalue weighted by molar-refractivity contribution is -0.136. The summed E-state index contributed by atoms with van der Waals surface area (Å²) >= 11 is 0. The van der Waals surface area contributed by atoms with Crippen molar-refractivity contribution < 1.29 is 55.5 Å². The first-order valence-corrected chi connectivity index (χ1v) is 11.0. The predicted molar refractivity (Wildman–Crippen MR) is 115 cm³/mol. The van der Waals surface area contributed by atoms with Crippen LogP contribution in [0.3, 0.4) is 0 Å². The molecular formula is C21H29F4N3O8. The lowest BCUT2D eigenvalue weighted by atomic mass is 10.3. The molecule has 1 rings (SSSR count). The van der Waals surface area contributed by atoms with Crippen LogP contribution in [0, 0.1) is 23.3 Å². The number of benzene rings is 1. The number of hydrogen-bond donors (Lipinski definition) is 0. The third kappa shape index (κ3) is 14.8. The second-order valence-electron chi connectivity index (χ2n) is 6.65. The number of rotatable bonds is 22. The Morgan fingerprint density at radius 3 is 1.50 bits per heavy atom. The van der Waals surface area contributed by atoms with Gasteiger partial charge in [0.1, 0.15) is 0 Å². The number of nitrogens with zero attached hydrogens (tertiary/aromatic N) is 3. The number of hydrogen-bond acceptors (Lipinski definition) is 9. The molecule has 0 radical (unpaired) electrons. The first kappa shape index (κ1) is 31.5. The summed E-state index contributed by atoms with van der Waals surface area (Å²) in [4.78, 5) is 14.2. The highest BCUT2D eigenvalue weighted by Gasteiger charge is 2.22. The van der Waals surface area contributed by atoms with Crippen LogP contribution in [0.2, 0.25) is 0 Å². The molecule has 0 heterocycles. The fourth-order valence-corrected chi connectivity index (χ4v) is 2.31. The van der Waals surface area contributed by atoms with Gasteiger partial charge in [-0.15, -0.1) is 0 Å². The van der Waals surface area contributed by atoms with Gasteiger partial charge in [-0.1, -0.05) is 5.11 Å². The largest absolute Gasteiger partial charge is 0.420 e. The Bertz CT molecular complexity index is 790. The molecule has 0 aliphatic carbocycles. The first-order valence-electron chi connectivity index (χ1n) is 11.0. The van der Waals surface area contributed by atoms with Gasteiger partial charge < -0.3 is 33.2 Å². The maximum absolute atomic E-state index is 13.4. The normalized spacial score (nSPS) is 10.9. The second-order valence-corrected chi connectivity index (χ2v) is 6.65. The number of esters is 1. The Morgan fingerprint density at radius 1 is 0.694 bits per heavy atom. The number of carbonyl (C=O) groups excluding carboxylic acids is 1. The monoisotopic (exact) mass is 527 g/mol. The van der Waals surface area contributed by atoms with E-state index in [2.05, 4.69) is 14.8 Å². The van der Waals surface area contributed by atoms with Crippen molar-refractivity contribution in [1.29, 1.82) is 0 Å². The smallest absolute Gasteiger partial charge is 0.313 e. The minimum absolute atomic E-state index is 0.0143. The zero-order valence-electron chi connectivity index (χ0n) is 19.6. The molecule has 11 nitrogen and oxygen atoms in total. The molecule has 0 aromatic heterocycles. The fraction of sp³-hybridized carbons (Fsp3) is 0.667. The molecule has 0 saturated carbocycles. The van der Waals surface area contributed by atoms with Gasteiger partial charge in [-0.05, 0) is 5.53 Å². The Hall–Kier alpha value is -2.52. The fourth-order valence-electron chi connectivity index (χ4n) is 2.31. The number of azide groups is 1. The van der Waals surface area contributed by atoms with Crippen molar-refractivity contribution in [3.8, 4) is 5.75 Å². The van der Waals surface area contributed by atoms with Crippen LogP contribution >= 0.6 is 0 Å². The van der Waals surface area contributed by atoms with Crippen LogP contribution in [-0.4, -0.2) is 91.8 Å². The Kier molecular flexibility index (Phi) is 18.1. The summed E-state index contributed by atoms with van der Waals surface area (Å²) in [5.74, 6) is -9.48. The van der Waals surface area contributed by atoms with E-state index in [-0.39, 0.29) is 32.4 Å². The van der Waals surface area contributed by atoms with Gasteiger partial charge in [0.15, 0.2) is 11.6 Å². The maximum atomic E-state index is 13.4. The van der Waals surface area contributed by atoms with Crippen LogP contribution < -0.4 is 4.74 Å². The zero-order valence-corrected chi connectivity index (χ0v) is 19.6. The maximum Gasteiger partial charge on any atom is 0.313 e. The molecule has 0 fully saturated rings. The minimum atomic E-state index is -1.79. The summed E-state index contributed by atoms with van der Waals surface area (Å²) in [6.07, 6.45) is -0.391. The van der Waals surface area contributed by atoms with E-state index < -0.39 is 41.4 Å². The molecule has 0 aliphatic heterocycles. The highest BCUT2D eigenvalue weighted by molar-refractivity contribution is 5.72. The van der Waals surface area contributed by atoms with Crippen molar-refractivity contribution in [1.82, 2.24) is 0 Å². The van der Waals surface area contributed by atoms with Crippen molar-refractivity contribution in [2.75, 3.05) is 85.8 Å². The van der Waals surface area contributed by atoms with Gasteiger partial charge >= 0.3 is 5.97 Å². The summed E-state index contributed by atoms with van der Waals surface area (Å²) in [5, 5.41) is 3.33. The van der Waals surface area contributed by atoms with Crippen LogP contribution in [0.15, 0.2) is 11.2 Å². The summed E-state index contributed by atoms with van der Waals surface area (Å²) in [6, 6.07) is 0.0143. The van der Waals surface area contributed by atoms with Gasteiger partial charge in [-0.2, -0.15) is 8.78 Å². The molecule has 0 amide bonds. The Labute approximate surface area is 205 Å². The van der Waals surface area contributed by atoms with E-state index in [1.165, 1.54) is 0 Å². The van der Waals surface area contributed by atoms with Crippen LogP contribution in [0.1, 0.15) is 6.42 Å².